The number of hydrogen-bond donors (Lipinski definition) is 2. The van der Waals surface area contributed by atoms with Crippen LogP contribution in [0.4, 0.5) is 19.0 Å². The maximum atomic E-state index is 12.0. The van der Waals surface area contributed by atoms with Crippen molar-refractivity contribution >= 4 is 15.8 Å². The van der Waals surface area contributed by atoms with Crippen molar-refractivity contribution in [3.05, 3.63) is 36.7 Å². The fourth-order valence-electron chi connectivity index (χ4n) is 1.76. The van der Waals surface area contributed by atoms with Crippen molar-refractivity contribution < 1.29 is 21.6 Å². The summed E-state index contributed by atoms with van der Waals surface area (Å²) in [7, 11) is -3.95. The zero-order valence-electron chi connectivity index (χ0n) is 12.5. The van der Waals surface area contributed by atoms with Gasteiger partial charge in [-0.3, -0.25) is 0 Å². The lowest BCUT2D eigenvalue weighted by Crippen LogP contribution is -2.32. The molecule has 0 fully saturated rings. The average Bonchev–Trinajstić information content (AvgIpc) is 3.04. The summed E-state index contributed by atoms with van der Waals surface area (Å²) in [5.74, 6) is 0.0702. The SMILES string of the molecule is O=S(=O)(CCC(F)(F)F)NCCNc1ccc(-n2cccc2)nn1. The summed E-state index contributed by atoms with van der Waals surface area (Å²) < 4.78 is 62.7. The van der Waals surface area contributed by atoms with Crippen molar-refractivity contribution in [3.8, 4) is 5.82 Å². The van der Waals surface area contributed by atoms with Gasteiger partial charge >= 0.3 is 6.18 Å². The van der Waals surface area contributed by atoms with Crippen LogP contribution in [0.1, 0.15) is 6.42 Å². The normalized spacial score (nSPS) is 12.3. The Balaban J connectivity index is 1.74. The van der Waals surface area contributed by atoms with Gasteiger partial charge in [0.25, 0.3) is 0 Å². The summed E-state index contributed by atoms with van der Waals surface area (Å²) in [5.41, 5.74) is 0. The fourth-order valence-corrected chi connectivity index (χ4v) is 2.82. The third kappa shape index (κ3) is 6.16. The van der Waals surface area contributed by atoms with Gasteiger partial charge in [-0.2, -0.15) is 13.2 Å². The Morgan fingerprint density at radius 3 is 2.38 bits per heavy atom. The molecule has 0 aliphatic heterocycles. The first-order chi connectivity index (χ1) is 11.3. The molecule has 24 heavy (non-hydrogen) atoms. The van der Waals surface area contributed by atoms with Crippen LogP contribution in [0.15, 0.2) is 36.7 Å². The zero-order chi connectivity index (χ0) is 17.6. The zero-order valence-corrected chi connectivity index (χ0v) is 13.3. The second-order valence-corrected chi connectivity index (χ2v) is 6.80. The lowest BCUT2D eigenvalue weighted by molar-refractivity contribution is -0.129. The van der Waals surface area contributed by atoms with E-state index in [0.29, 0.717) is 11.6 Å². The number of aromatic nitrogens is 3. The highest BCUT2D eigenvalue weighted by Crippen LogP contribution is 2.19. The van der Waals surface area contributed by atoms with Gasteiger partial charge < -0.3 is 9.88 Å². The molecule has 2 N–H and O–H groups in total. The molecular weight excluding hydrogens is 347 g/mol. The van der Waals surface area contributed by atoms with E-state index >= 15 is 0 Å². The molecule has 0 bridgehead atoms. The second-order valence-electron chi connectivity index (χ2n) is 4.87. The first kappa shape index (κ1) is 18.2. The van der Waals surface area contributed by atoms with E-state index in [9.17, 15) is 21.6 Å². The Labute approximate surface area is 136 Å². The van der Waals surface area contributed by atoms with Gasteiger partial charge in [0.1, 0.15) is 5.82 Å². The van der Waals surface area contributed by atoms with Crippen LogP contribution in [0.5, 0.6) is 0 Å². The third-order valence-electron chi connectivity index (χ3n) is 2.93. The lowest BCUT2D eigenvalue weighted by Gasteiger charge is -2.09. The number of nitrogens with one attached hydrogen (secondary N) is 2. The molecule has 7 nitrogen and oxygen atoms in total. The molecule has 0 saturated heterocycles. The monoisotopic (exact) mass is 363 g/mol. The molecule has 2 aromatic rings. The van der Waals surface area contributed by atoms with Crippen molar-refractivity contribution in [2.24, 2.45) is 0 Å². The van der Waals surface area contributed by atoms with Crippen molar-refractivity contribution in [2.45, 2.75) is 12.6 Å². The van der Waals surface area contributed by atoms with Crippen molar-refractivity contribution in [1.29, 1.82) is 0 Å². The molecule has 0 saturated carbocycles. The molecule has 132 valence electrons. The summed E-state index contributed by atoms with van der Waals surface area (Å²) in [5, 5.41) is 10.8. The molecule has 0 radical (unpaired) electrons. The molecule has 0 unspecified atom stereocenters. The van der Waals surface area contributed by atoms with Crippen molar-refractivity contribution in [3.63, 3.8) is 0 Å². The minimum atomic E-state index is -4.50. The molecule has 2 heterocycles. The van der Waals surface area contributed by atoms with Crippen LogP contribution in [-0.4, -0.2) is 48.2 Å². The predicted octanol–water partition coefficient (Wildman–Crippen LogP) is 1.55. The van der Waals surface area contributed by atoms with Gasteiger partial charge in [0.2, 0.25) is 10.0 Å². The van der Waals surface area contributed by atoms with E-state index in [1.165, 1.54) is 0 Å². The first-order valence-electron chi connectivity index (χ1n) is 7.00. The van der Waals surface area contributed by atoms with Gasteiger partial charge in [-0.1, -0.05) is 0 Å². The van der Waals surface area contributed by atoms with Gasteiger partial charge in [0.05, 0.1) is 12.2 Å². The van der Waals surface area contributed by atoms with Gasteiger partial charge in [0.15, 0.2) is 5.82 Å². The smallest absolute Gasteiger partial charge is 0.367 e. The van der Waals surface area contributed by atoms with Crippen LogP contribution in [0.2, 0.25) is 0 Å². The molecule has 0 amide bonds. The number of sulfonamides is 1. The summed E-state index contributed by atoms with van der Waals surface area (Å²) in [4.78, 5) is 0. The fraction of sp³-hybridized carbons (Fsp3) is 0.385. The molecule has 2 aromatic heterocycles. The molecule has 0 aromatic carbocycles. The van der Waals surface area contributed by atoms with E-state index in [-0.39, 0.29) is 13.1 Å². The Bertz CT molecular complexity index is 730. The largest absolute Gasteiger partial charge is 0.390 e. The average molecular weight is 363 g/mol. The van der Waals surface area contributed by atoms with E-state index in [0.717, 1.165) is 0 Å². The van der Waals surface area contributed by atoms with Crippen LogP contribution in [0.25, 0.3) is 5.82 Å². The molecule has 0 atom stereocenters. The Hall–Kier alpha value is -2.14. The standard InChI is InChI=1S/C13H16F3N5O2S/c14-13(15,16)5-10-24(22,23)18-7-6-17-11-3-4-12(20-19-11)21-8-1-2-9-21/h1-4,8-9,18H,5-7,10H2,(H,17,19). The Morgan fingerprint density at radius 2 is 1.79 bits per heavy atom. The molecular formula is C13H16F3N5O2S. The van der Waals surface area contributed by atoms with E-state index in [1.54, 1.807) is 16.7 Å². The minimum Gasteiger partial charge on any atom is -0.367 e. The third-order valence-corrected chi connectivity index (χ3v) is 4.31. The van der Waals surface area contributed by atoms with Gasteiger partial charge in [-0.25, -0.2) is 13.1 Å². The number of anilines is 1. The highest BCUT2D eigenvalue weighted by Gasteiger charge is 2.29. The highest BCUT2D eigenvalue weighted by atomic mass is 32.2. The molecule has 11 heteroatoms. The highest BCUT2D eigenvalue weighted by molar-refractivity contribution is 7.89. The minimum absolute atomic E-state index is 0.0543. The maximum absolute atomic E-state index is 12.0. The summed E-state index contributed by atoms with van der Waals surface area (Å²) in [6.07, 6.45) is -2.24. The van der Waals surface area contributed by atoms with E-state index in [4.69, 9.17) is 0 Å². The first-order valence-corrected chi connectivity index (χ1v) is 8.65. The number of alkyl halides is 3. The van der Waals surface area contributed by atoms with Gasteiger partial charge in [-0.05, 0) is 24.3 Å². The quantitative estimate of drug-likeness (QED) is 0.695. The van der Waals surface area contributed by atoms with Crippen molar-refractivity contribution in [1.82, 2.24) is 19.5 Å². The van der Waals surface area contributed by atoms with Crippen LogP contribution in [0.3, 0.4) is 0 Å². The van der Waals surface area contributed by atoms with Crippen LogP contribution >= 0.6 is 0 Å². The van der Waals surface area contributed by atoms with Crippen LogP contribution in [0, 0.1) is 0 Å². The number of halogens is 3. The van der Waals surface area contributed by atoms with Crippen LogP contribution in [-0.2, 0) is 10.0 Å². The van der Waals surface area contributed by atoms with Crippen molar-refractivity contribution in [2.75, 3.05) is 24.2 Å². The maximum Gasteiger partial charge on any atom is 0.390 e. The summed E-state index contributed by atoms with van der Waals surface area (Å²) >= 11 is 0. The topological polar surface area (TPSA) is 88.9 Å². The molecule has 2 rings (SSSR count). The van der Waals surface area contributed by atoms with E-state index < -0.39 is 28.4 Å². The second kappa shape index (κ2) is 7.62. The molecule has 0 spiro atoms. The Morgan fingerprint density at radius 1 is 1.08 bits per heavy atom. The predicted molar refractivity (Wildman–Crippen MR) is 82.3 cm³/mol. The van der Waals surface area contributed by atoms with Gasteiger partial charge in [0, 0.05) is 25.5 Å². The summed E-state index contributed by atoms with van der Waals surface area (Å²) in [6.45, 7) is 0.115. The lowest BCUT2D eigenvalue weighted by atomic mass is 10.5. The number of hydrogen-bond acceptors (Lipinski definition) is 5. The molecule has 0 aliphatic rings. The van der Waals surface area contributed by atoms with Gasteiger partial charge in [-0.15, -0.1) is 10.2 Å². The number of nitrogens with zero attached hydrogens (tertiary/aromatic N) is 3. The van der Waals surface area contributed by atoms with Crippen LogP contribution < -0.4 is 10.0 Å². The Kier molecular flexibility index (Phi) is 5.78. The molecule has 0 aliphatic carbocycles. The number of rotatable bonds is 8. The van der Waals surface area contributed by atoms with E-state index in [2.05, 4.69) is 20.2 Å². The summed E-state index contributed by atoms with van der Waals surface area (Å²) in [6, 6.07) is 7.08. The van der Waals surface area contributed by atoms with E-state index in [1.807, 2.05) is 24.5 Å².